The van der Waals surface area contributed by atoms with Gasteiger partial charge in [-0.3, -0.25) is 24.6 Å². The third-order valence-corrected chi connectivity index (χ3v) is 9.06. The van der Waals surface area contributed by atoms with E-state index >= 15 is 0 Å². The Morgan fingerprint density at radius 2 is 1.71 bits per heavy atom. The van der Waals surface area contributed by atoms with Crippen LogP contribution in [-0.2, 0) is 20.9 Å². The lowest BCUT2D eigenvalue weighted by molar-refractivity contribution is -0.139. The topological polar surface area (TPSA) is 100 Å². The molecule has 0 aromatic heterocycles. The molecule has 224 valence electrons. The van der Waals surface area contributed by atoms with E-state index in [-0.39, 0.29) is 41.6 Å². The van der Waals surface area contributed by atoms with Crippen LogP contribution < -0.4 is 15.4 Å². The lowest BCUT2D eigenvalue weighted by atomic mass is 9.89. The van der Waals surface area contributed by atoms with Crippen LogP contribution in [0.2, 0.25) is 0 Å². The number of hydrogen-bond acceptors (Lipinski definition) is 7. The number of likely N-dealkylation sites (tertiary alicyclic amines) is 1. The Kier molecular flexibility index (Phi) is 9.17. The van der Waals surface area contributed by atoms with Crippen molar-refractivity contribution in [1.82, 2.24) is 20.4 Å². The molecule has 3 atom stereocenters. The van der Waals surface area contributed by atoms with Crippen molar-refractivity contribution in [3.63, 3.8) is 0 Å². The minimum atomic E-state index is -0.238. The quantitative estimate of drug-likeness (QED) is 0.398. The second kappa shape index (κ2) is 13.4. The van der Waals surface area contributed by atoms with E-state index < -0.39 is 0 Å². The Bertz CT molecular complexity index is 1230. The highest BCUT2D eigenvalue weighted by molar-refractivity contribution is 5.98. The molecule has 1 aliphatic carbocycles. The summed E-state index contributed by atoms with van der Waals surface area (Å²) in [7, 11) is 0. The molecule has 0 bridgehead atoms. The summed E-state index contributed by atoms with van der Waals surface area (Å²) in [6.45, 7) is 4.61. The first kappa shape index (κ1) is 28.8. The highest BCUT2D eigenvalue weighted by Crippen LogP contribution is 2.30. The molecule has 2 aromatic rings. The molecule has 6 rings (SSSR count). The van der Waals surface area contributed by atoms with Crippen LogP contribution >= 0.6 is 0 Å². The molecular formula is C33H42N4O5. The summed E-state index contributed by atoms with van der Waals surface area (Å²) in [6, 6.07) is 17.6. The molecule has 4 aliphatic rings. The number of nitrogens with zero attached hydrogens (tertiary/aromatic N) is 2. The van der Waals surface area contributed by atoms with E-state index in [1.54, 1.807) is 0 Å². The summed E-state index contributed by atoms with van der Waals surface area (Å²) in [5.74, 6) is 1.39. The van der Waals surface area contributed by atoms with Gasteiger partial charge in [0.25, 0.3) is 0 Å². The molecule has 1 saturated carbocycles. The highest BCUT2D eigenvalue weighted by Gasteiger charge is 2.39. The Morgan fingerprint density at radius 1 is 0.952 bits per heavy atom. The maximum atomic E-state index is 13.5. The van der Waals surface area contributed by atoms with Crippen molar-refractivity contribution in [2.75, 3.05) is 45.9 Å². The van der Waals surface area contributed by atoms with Gasteiger partial charge in [0.05, 0.1) is 31.8 Å². The van der Waals surface area contributed by atoms with Gasteiger partial charge in [0.2, 0.25) is 11.8 Å². The van der Waals surface area contributed by atoms with Crippen LogP contribution in [0.5, 0.6) is 5.75 Å². The number of Topliss-reactive ketones (excluding diaryl/α,β-unsaturated/α-hetero) is 1. The number of ketones is 1. The highest BCUT2D eigenvalue weighted by atomic mass is 16.5. The van der Waals surface area contributed by atoms with E-state index in [2.05, 4.69) is 15.5 Å². The van der Waals surface area contributed by atoms with Crippen LogP contribution in [0, 0.1) is 17.8 Å². The third-order valence-electron chi connectivity index (χ3n) is 9.06. The van der Waals surface area contributed by atoms with Gasteiger partial charge in [-0.1, -0.05) is 30.3 Å². The number of carbonyl (C=O) groups is 3. The van der Waals surface area contributed by atoms with Crippen LogP contribution in [-0.4, -0.2) is 85.5 Å². The minimum Gasteiger partial charge on any atom is -0.489 e. The molecule has 2 aromatic carbocycles. The van der Waals surface area contributed by atoms with E-state index in [4.69, 9.17) is 9.47 Å². The second-order valence-electron chi connectivity index (χ2n) is 12.3. The van der Waals surface area contributed by atoms with E-state index in [0.29, 0.717) is 44.4 Å². The summed E-state index contributed by atoms with van der Waals surface area (Å²) in [6.07, 6.45) is 4.37. The van der Waals surface area contributed by atoms with Crippen molar-refractivity contribution in [3.05, 3.63) is 65.7 Å². The van der Waals surface area contributed by atoms with E-state index in [9.17, 15) is 14.4 Å². The maximum absolute atomic E-state index is 13.5. The minimum absolute atomic E-state index is 0.0170. The second-order valence-corrected chi connectivity index (χ2v) is 12.3. The predicted octanol–water partition coefficient (Wildman–Crippen LogP) is 2.85. The molecule has 3 heterocycles. The predicted molar refractivity (Wildman–Crippen MR) is 158 cm³/mol. The first-order chi connectivity index (χ1) is 20.5. The molecule has 3 unspecified atom stereocenters. The fourth-order valence-corrected chi connectivity index (χ4v) is 6.32. The largest absolute Gasteiger partial charge is 0.489 e. The van der Waals surface area contributed by atoms with Crippen molar-refractivity contribution in [3.8, 4) is 5.75 Å². The summed E-state index contributed by atoms with van der Waals surface area (Å²) in [4.78, 5) is 43.5. The van der Waals surface area contributed by atoms with Gasteiger partial charge in [-0.25, -0.2) is 0 Å². The smallest absolute Gasteiger partial charge is 0.236 e. The monoisotopic (exact) mass is 574 g/mol. The number of piperidine rings is 1. The zero-order valence-electron chi connectivity index (χ0n) is 24.2. The average Bonchev–Trinajstić information content (AvgIpc) is 3.85. The van der Waals surface area contributed by atoms with Crippen LogP contribution in [0.3, 0.4) is 0 Å². The Morgan fingerprint density at radius 3 is 2.45 bits per heavy atom. The SMILES string of the molecule is O=C(c1ccc(OCc2ccccc2)cc1)C1CCN(CC(=O)N(CC2CC2)CC2NC(=O)C3COCCC3N2)CC1. The molecule has 42 heavy (non-hydrogen) atoms. The van der Waals surface area contributed by atoms with Crippen LogP contribution in [0.1, 0.15) is 48.0 Å². The first-order valence-electron chi connectivity index (χ1n) is 15.5. The number of amides is 2. The van der Waals surface area contributed by atoms with E-state index in [1.165, 1.54) is 0 Å². The Labute approximate surface area is 247 Å². The number of ether oxygens (including phenoxy) is 2. The van der Waals surface area contributed by atoms with E-state index in [0.717, 1.165) is 63.1 Å². The molecule has 0 spiro atoms. The van der Waals surface area contributed by atoms with Gasteiger partial charge in [-0.05, 0) is 80.9 Å². The number of rotatable bonds is 11. The van der Waals surface area contributed by atoms with Crippen LogP contribution in [0.15, 0.2) is 54.6 Å². The zero-order valence-corrected chi connectivity index (χ0v) is 24.2. The fraction of sp³-hybridized carbons (Fsp3) is 0.545. The number of hydrogen-bond donors (Lipinski definition) is 2. The molecule has 9 nitrogen and oxygen atoms in total. The van der Waals surface area contributed by atoms with Crippen molar-refractivity contribution >= 4 is 17.6 Å². The molecule has 0 radical (unpaired) electrons. The van der Waals surface area contributed by atoms with Crippen molar-refractivity contribution in [2.45, 2.75) is 50.9 Å². The number of nitrogens with one attached hydrogen (secondary N) is 2. The molecule has 2 amide bonds. The summed E-state index contributed by atoms with van der Waals surface area (Å²) in [5.41, 5.74) is 1.81. The third kappa shape index (κ3) is 7.38. The molecule has 9 heteroatoms. The normalized spacial score (nSPS) is 24.9. The van der Waals surface area contributed by atoms with E-state index in [1.807, 2.05) is 59.5 Å². The van der Waals surface area contributed by atoms with Gasteiger partial charge in [-0.2, -0.15) is 0 Å². The molecule has 3 saturated heterocycles. The summed E-state index contributed by atoms with van der Waals surface area (Å²) >= 11 is 0. The lowest BCUT2D eigenvalue weighted by Crippen LogP contribution is -2.66. The fourth-order valence-electron chi connectivity index (χ4n) is 6.32. The van der Waals surface area contributed by atoms with Gasteiger partial charge in [0.15, 0.2) is 5.78 Å². The number of fused-ring (bicyclic) bond motifs is 1. The zero-order chi connectivity index (χ0) is 28.9. The summed E-state index contributed by atoms with van der Waals surface area (Å²) in [5, 5.41) is 6.62. The standard InChI is InChI=1S/C33H42N4O5/c38-31(37(18-23-6-7-23)19-30-34-29-14-17-41-22-28(29)33(40)35-30)20-36-15-12-26(13-16-36)32(39)25-8-10-27(11-9-25)42-21-24-4-2-1-3-5-24/h1-5,8-11,23,26,28-30,34H,6-7,12-22H2,(H,35,40). The molecular weight excluding hydrogens is 532 g/mol. The first-order valence-corrected chi connectivity index (χ1v) is 15.5. The molecule has 3 aliphatic heterocycles. The van der Waals surface area contributed by atoms with Gasteiger partial charge in [0.1, 0.15) is 12.4 Å². The Balaban J connectivity index is 0.971. The van der Waals surface area contributed by atoms with Gasteiger partial charge >= 0.3 is 0 Å². The Hall–Kier alpha value is -3.27. The number of benzene rings is 2. The van der Waals surface area contributed by atoms with Gasteiger partial charge < -0.3 is 19.7 Å². The van der Waals surface area contributed by atoms with Crippen LogP contribution in [0.4, 0.5) is 0 Å². The van der Waals surface area contributed by atoms with Crippen molar-refractivity contribution in [1.29, 1.82) is 0 Å². The van der Waals surface area contributed by atoms with Crippen molar-refractivity contribution in [2.24, 2.45) is 17.8 Å². The molecule has 2 N–H and O–H groups in total. The maximum Gasteiger partial charge on any atom is 0.236 e. The van der Waals surface area contributed by atoms with Crippen LogP contribution in [0.25, 0.3) is 0 Å². The number of carbonyl (C=O) groups excluding carboxylic acids is 3. The average molecular weight is 575 g/mol. The van der Waals surface area contributed by atoms with Gasteiger partial charge in [0, 0.05) is 30.7 Å². The lowest BCUT2D eigenvalue weighted by Gasteiger charge is -2.41. The van der Waals surface area contributed by atoms with Gasteiger partial charge in [-0.15, -0.1) is 0 Å². The van der Waals surface area contributed by atoms with Crippen molar-refractivity contribution < 1.29 is 23.9 Å². The molecule has 4 fully saturated rings. The summed E-state index contributed by atoms with van der Waals surface area (Å²) < 4.78 is 11.4.